The molecule has 0 radical (unpaired) electrons. The zero-order valence-corrected chi connectivity index (χ0v) is 11.6. The van der Waals surface area contributed by atoms with Crippen LogP contribution in [0.4, 0.5) is 0 Å². The summed E-state index contributed by atoms with van der Waals surface area (Å²) < 4.78 is 0. The average molecular weight is 248 g/mol. The second-order valence-corrected chi connectivity index (χ2v) is 5.31. The van der Waals surface area contributed by atoms with Gasteiger partial charge in [-0.2, -0.15) is 0 Å². The third-order valence-electron chi connectivity index (χ3n) is 4.11. The van der Waals surface area contributed by atoms with Crippen LogP contribution < -0.4 is 0 Å². The number of hydrogen-bond donors (Lipinski definition) is 1. The Morgan fingerprint density at radius 1 is 1.33 bits per heavy atom. The van der Waals surface area contributed by atoms with Crippen molar-refractivity contribution in [3.05, 3.63) is 29.8 Å². The van der Waals surface area contributed by atoms with Gasteiger partial charge in [0.15, 0.2) is 0 Å². The van der Waals surface area contributed by atoms with Crippen molar-refractivity contribution in [1.29, 1.82) is 0 Å². The van der Waals surface area contributed by atoms with Crippen LogP contribution in [0.1, 0.15) is 31.9 Å². The van der Waals surface area contributed by atoms with E-state index in [1.807, 2.05) is 18.2 Å². The van der Waals surface area contributed by atoms with E-state index in [1.54, 1.807) is 6.07 Å². The summed E-state index contributed by atoms with van der Waals surface area (Å²) in [5.41, 5.74) is 1.07. The van der Waals surface area contributed by atoms with E-state index in [0.717, 1.165) is 31.6 Å². The van der Waals surface area contributed by atoms with E-state index < -0.39 is 0 Å². The summed E-state index contributed by atoms with van der Waals surface area (Å²) in [5.74, 6) is 0.427. The Bertz CT molecular complexity index is 394. The summed E-state index contributed by atoms with van der Waals surface area (Å²) >= 11 is 0. The number of benzene rings is 1. The predicted octanol–water partition coefficient (Wildman–Crippen LogP) is 2.48. The van der Waals surface area contributed by atoms with Crippen LogP contribution in [0.2, 0.25) is 0 Å². The van der Waals surface area contributed by atoms with Crippen LogP contribution >= 0.6 is 0 Å². The minimum atomic E-state index is 0.336. The SMILES string of the molecule is CCC(c1ccccc1O)N1CCN(C)C(C)C1. The highest BCUT2D eigenvalue weighted by Gasteiger charge is 2.27. The van der Waals surface area contributed by atoms with Gasteiger partial charge in [-0.15, -0.1) is 0 Å². The van der Waals surface area contributed by atoms with E-state index in [4.69, 9.17) is 0 Å². The van der Waals surface area contributed by atoms with Gasteiger partial charge in [0.05, 0.1) is 0 Å². The summed E-state index contributed by atoms with van der Waals surface area (Å²) in [6.07, 6.45) is 1.04. The van der Waals surface area contributed by atoms with Gasteiger partial charge in [-0.25, -0.2) is 0 Å². The monoisotopic (exact) mass is 248 g/mol. The van der Waals surface area contributed by atoms with Gasteiger partial charge in [0.1, 0.15) is 5.75 Å². The third kappa shape index (κ3) is 2.68. The molecule has 1 heterocycles. The zero-order chi connectivity index (χ0) is 13.1. The van der Waals surface area contributed by atoms with Gasteiger partial charge < -0.3 is 10.0 Å². The van der Waals surface area contributed by atoms with Crippen molar-refractivity contribution >= 4 is 0 Å². The van der Waals surface area contributed by atoms with Gasteiger partial charge in [0, 0.05) is 37.3 Å². The highest BCUT2D eigenvalue weighted by Crippen LogP contribution is 2.32. The lowest BCUT2D eigenvalue weighted by Gasteiger charge is -2.41. The van der Waals surface area contributed by atoms with Gasteiger partial charge in [-0.1, -0.05) is 25.1 Å². The standard InChI is InChI=1S/C15H24N2O/c1-4-14(13-7-5-6-8-15(13)18)17-10-9-16(3)12(2)11-17/h5-8,12,14,18H,4,9-11H2,1-3H3. The average Bonchev–Trinajstić information content (AvgIpc) is 2.37. The third-order valence-corrected chi connectivity index (χ3v) is 4.11. The number of phenols is 1. The first-order valence-corrected chi connectivity index (χ1v) is 6.85. The summed E-state index contributed by atoms with van der Waals surface area (Å²) in [5, 5.41) is 10.0. The molecular weight excluding hydrogens is 224 g/mol. The smallest absolute Gasteiger partial charge is 0.120 e. The van der Waals surface area contributed by atoms with Gasteiger partial charge in [0.2, 0.25) is 0 Å². The molecule has 1 aromatic carbocycles. The Kier molecular flexibility index (Phi) is 4.25. The molecule has 0 saturated carbocycles. The number of nitrogens with zero attached hydrogens (tertiary/aromatic N) is 2. The zero-order valence-electron chi connectivity index (χ0n) is 11.6. The number of hydrogen-bond acceptors (Lipinski definition) is 3. The molecule has 0 aromatic heterocycles. The molecule has 1 fully saturated rings. The summed E-state index contributed by atoms with van der Waals surface area (Å²) in [6.45, 7) is 7.71. The Morgan fingerprint density at radius 2 is 2.06 bits per heavy atom. The molecule has 1 aliphatic rings. The first kappa shape index (κ1) is 13.4. The van der Waals surface area contributed by atoms with Gasteiger partial charge in [-0.3, -0.25) is 4.90 Å². The first-order valence-electron chi connectivity index (χ1n) is 6.85. The minimum absolute atomic E-state index is 0.336. The fourth-order valence-electron chi connectivity index (χ4n) is 2.80. The molecule has 2 atom stereocenters. The van der Waals surface area contributed by atoms with E-state index in [1.165, 1.54) is 0 Å². The van der Waals surface area contributed by atoms with E-state index in [0.29, 0.717) is 17.8 Å². The number of para-hydroxylation sites is 1. The summed E-state index contributed by atoms with van der Waals surface area (Å²) in [6, 6.07) is 8.65. The Hall–Kier alpha value is -1.06. The number of aromatic hydroxyl groups is 1. The molecule has 2 rings (SSSR count). The van der Waals surface area contributed by atoms with Gasteiger partial charge in [0.25, 0.3) is 0 Å². The highest BCUT2D eigenvalue weighted by atomic mass is 16.3. The molecule has 100 valence electrons. The van der Waals surface area contributed by atoms with E-state index in [9.17, 15) is 5.11 Å². The van der Waals surface area contributed by atoms with Crippen molar-refractivity contribution in [3.8, 4) is 5.75 Å². The maximum atomic E-state index is 10.0. The molecule has 0 spiro atoms. The molecule has 2 unspecified atom stereocenters. The molecule has 18 heavy (non-hydrogen) atoms. The molecule has 1 N–H and O–H groups in total. The largest absolute Gasteiger partial charge is 0.508 e. The van der Waals surface area contributed by atoms with Crippen molar-refractivity contribution in [2.45, 2.75) is 32.4 Å². The Labute approximate surface area is 110 Å². The van der Waals surface area contributed by atoms with E-state index in [2.05, 4.69) is 30.7 Å². The lowest BCUT2D eigenvalue weighted by Crippen LogP contribution is -2.50. The molecule has 0 aliphatic carbocycles. The molecule has 0 bridgehead atoms. The molecule has 3 nitrogen and oxygen atoms in total. The van der Waals surface area contributed by atoms with Crippen LogP contribution in [0.25, 0.3) is 0 Å². The van der Waals surface area contributed by atoms with Crippen molar-refractivity contribution in [3.63, 3.8) is 0 Å². The number of phenolic OH excluding ortho intramolecular Hbond substituents is 1. The van der Waals surface area contributed by atoms with E-state index >= 15 is 0 Å². The fraction of sp³-hybridized carbons (Fsp3) is 0.600. The Morgan fingerprint density at radius 3 is 2.67 bits per heavy atom. The summed E-state index contributed by atoms with van der Waals surface area (Å²) in [7, 11) is 2.18. The topological polar surface area (TPSA) is 26.7 Å². The molecular formula is C15H24N2O. The lowest BCUT2D eigenvalue weighted by molar-refractivity contribution is 0.0691. The van der Waals surface area contributed by atoms with Crippen LogP contribution in [-0.4, -0.2) is 47.6 Å². The van der Waals surface area contributed by atoms with Crippen LogP contribution in [0.15, 0.2) is 24.3 Å². The fourth-order valence-corrected chi connectivity index (χ4v) is 2.80. The molecule has 0 amide bonds. The Balaban J connectivity index is 2.17. The van der Waals surface area contributed by atoms with Crippen LogP contribution in [0, 0.1) is 0 Å². The normalized spacial score (nSPS) is 24.1. The maximum Gasteiger partial charge on any atom is 0.120 e. The number of rotatable bonds is 3. The van der Waals surface area contributed by atoms with E-state index in [-0.39, 0.29) is 0 Å². The second kappa shape index (κ2) is 5.72. The van der Waals surface area contributed by atoms with Crippen molar-refractivity contribution in [2.24, 2.45) is 0 Å². The molecule has 3 heteroatoms. The van der Waals surface area contributed by atoms with Gasteiger partial charge >= 0.3 is 0 Å². The van der Waals surface area contributed by atoms with Crippen LogP contribution in [0.3, 0.4) is 0 Å². The predicted molar refractivity (Wildman–Crippen MR) is 74.8 cm³/mol. The second-order valence-electron chi connectivity index (χ2n) is 5.31. The van der Waals surface area contributed by atoms with Crippen molar-refractivity contribution in [1.82, 2.24) is 9.80 Å². The highest BCUT2D eigenvalue weighted by molar-refractivity contribution is 5.34. The summed E-state index contributed by atoms with van der Waals surface area (Å²) in [4.78, 5) is 4.90. The molecule has 1 saturated heterocycles. The minimum Gasteiger partial charge on any atom is -0.508 e. The number of piperazine rings is 1. The lowest BCUT2D eigenvalue weighted by atomic mass is 10.00. The van der Waals surface area contributed by atoms with Crippen molar-refractivity contribution in [2.75, 3.05) is 26.7 Å². The first-order chi connectivity index (χ1) is 8.63. The maximum absolute atomic E-state index is 10.0. The van der Waals surface area contributed by atoms with Crippen LogP contribution in [0.5, 0.6) is 5.75 Å². The van der Waals surface area contributed by atoms with Crippen molar-refractivity contribution < 1.29 is 5.11 Å². The quantitative estimate of drug-likeness (QED) is 0.890. The number of likely N-dealkylation sites (N-methyl/N-ethyl adjacent to an activating group) is 1. The van der Waals surface area contributed by atoms with Crippen LogP contribution in [-0.2, 0) is 0 Å². The van der Waals surface area contributed by atoms with Gasteiger partial charge in [-0.05, 0) is 26.5 Å². The molecule has 1 aromatic rings. The molecule has 1 aliphatic heterocycles.